The van der Waals surface area contributed by atoms with E-state index in [0.717, 1.165) is 16.0 Å². The minimum Gasteiger partial charge on any atom is -0.459 e. The number of benzene rings is 2. The first kappa shape index (κ1) is 19.5. The zero-order valence-corrected chi connectivity index (χ0v) is 16.5. The molecule has 2 heterocycles. The number of carbonyl (C=O) groups excluding carboxylic acids is 2. The number of aromatic nitrogens is 1. The monoisotopic (exact) mass is 419 g/mol. The number of rotatable bonds is 6. The highest BCUT2D eigenvalue weighted by Crippen LogP contribution is 2.25. The molecule has 2 aromatic carbocycles. The van der Waals surface area contributed by atoms with Crippen molar-refractivity contribution in [3.63, 3.8) is 0 Å². The summed E-state index contributed by atoms with van der Waals surface area (Å²) in [7, 11) is 0. The number of hydrogen-bond acceptors (Lipinski definition) is 6. The summed E-state index contributed by atoms with van der Waals surface area (Å²) in [5.74, 6) is 0.00744. The second-order valence-electron chi connectivity index (χ2n) is 6.23. The Labute approximate surface area is 176 Å². The van der Waals surface area contributed by atoms with Crippen LogP contribution in [0.3, 0.4) is 0 Å². The lowest BCUT2D eigenvalue weighted by Crippen LogP contribution is -2.41. The van der Waals surface area contributed by atoms with Gasteiger partial charge in [0.1, 0.15) is 0 Å². The normalized spacial score (nSPS) is 10.5. The van der Waals surface area contributed by atoms with Gasteiger partial charge in [-0.15, -0.1) is 11.8 Å². The van der Waals surface area contributed by atoms with E-state index < -0.39 is 11.8 Å². The van der Waals surface area contributed by atoms with Gasteiger partial charge in [0.2, 0.25) is 0 Å². The Morgan fingerprint density at radius 1 is 0.900 bits per heavy atom. The van der Waals surface area contributed by atoms with Gasteiger partial charge in [-0.25, -0.2) is 0 Å². The molecule has 0 atom stereocenters. The number of nitrogens with zero attached hydrogens (tertiary/aromatic N) is 1. The molecule has 4 aromatic rings. The van der Waals surface area contributed by atoms with Gasteiger partial charge in [-0.2, -0.15) is 0 Å². The molecule has 0 radical (unpaired) electrons. The molecule has 2 N–H and O–H groups in total. The molecule has 0 fully saturated rings. The van der Waals surface area contributed by atoms with Crippen molar-refractivity contribution in [3.8, 4) is 11.3 Å². The van der Waals surface area contributed by atoms with E-state index >= 15 is 0 Å². The fourth-order valence-corrected chi connectivity index (χ4v) is 3.58. The Morgan fingerprint density at radius 3 is 2.37 bits per heavy atom. The summed E-state index contributed by atoms with van der Waals surface area (Å²) in [5, 5.41) is 3.75. The Balaban J connectivity index is 1.34. The van der Waals surface area contributed by atoms with Crippen molar-refractivity contribution in [1.82, 2.24) is 16.0 Å². The topological polar surface area (TPSA) is 97.4 Å². The van der Waals surface area contributed by atoms with Crippen molar-refractivity contribution in [2.45, 2.75) is 10.6 Å². The number of amides is 2. The molecule has 0 spiro atoms. The first-order chi connectivity index (χ1) is 14.7. The van der Waals surface area contributed by atoms with Crippen LogP contribution in [-0.2, 0) is 5.75 Å². The number of thioether (sulfide) groups is 1. The number of nitrogens with one attached hydrogen (secondary N) is 2. The molecule has 0 aliphatic heterocycles. The first-order valence-electron chi connectivity index (χ1n) is 9.08. The Bertz CT molecular complexity index is 1140. The molecule has 150 valence electrons. The summed E-state index contributed by atoms with van der Waals surface area (Å²) in [4.78, 5) is 25.8. The maximum atomic E-state index is 12.4. The Hall–Kier alpha value is -3.78. The van der Waals surface area contributed by atoms with Crippen molar-refractivity contribution >= 4 is 23.6 Å². The van der Waals surface area contributed by atoms with Crippen molar-refractivity contribution in [2.75, 3.05) is 0 Å². The highest BCUT2D eigenvalue weighted by atomic mass is 32.2. The van der Waals surface area contributed by atoms with E-state index in [1.165, 1.54) is 12.3 Å². The van der Waals surface area contributed by atoms with Crippen LogP contribution in [0, 0.1) is 0 Å². The largest absolute Gasteiger partial charge is 0.459 e. The summed E-state index contributed by atoms with van der Waals surface area (Å²) in [6.07, 6.45) is 1.45. The lowest BCUT2D eigenvalue weighted by atomic mass is 10.1. The van der Waals surface area contributed by atoms with Crippen LogP contribution in [0.25, 0.3) is 11.3 Å². The van der Waals surface area contributed by atoms with E-state index in [-0.39, 0.29) is 11.5 Å². The molecule has 0 saturated carbocycles. The fraction of sp³-hybridized carbons (Fsp3) is 0.0455. The zero-order chi connectivity index (χ0) is 20.8. The van der Waals surface area contributed by atoms with Crippen LogP contribution >= 0.6 is 11.8 Å². The van der Waals surface area contributed by atoms with Gasteiger partial charge in [-0.3, -0.25) is 20.4 Å². The second-order valence-corrected chi connectivity index (χ2v) is 7.28. The maximum Gasteiger partial charge on any atom is 0.305 e. The van der Waals surface area contributed by atoms with E-state index in [2.05, 4.69) is 16.0 Å². The van der Waals surface area contributed by atoms with Gasteiger partial charge < -0.3 is 8.94 Å². The van der Waals surface area contributed by atoms with Crippen LogP contribution in [0.1, 0.15) is 26.6 Å². The van der Waals surface area contributed by atoms with Gasteiger partial charge in [0.25, 0.3) is 5.91 Å². The molecule has 0 unspecified atom stereocenters. The fourth-order valence-electron chi connectivity index (χ4n) is 2.68. The Morgan fingerprint density at radius 2 is 1.60 bits per heavy atom. The third kappa shape index (κ3) is 4.61. The molecule has 0 aliphatic carbocycles. The van der Waals surface area contributed by atoms with Crippen molar-refractivity contribution < 1.29 is 18.5 Å². The SMILES string of the molecule is O=C(NNC(=O)c1occc1CSc1ccccc1)c1cc(-c2ccccc2)on1. The molecule has 30 heavy (non-hydrogen) atoms. The first-order valence-corrected chi connectivity index (χ1v) is 10.1. The number of hydrogen-bond donors (Lipinski definition) is 2. The summed E-state index contributed by atoms with van der Waals surface area (Å²) < 4.78 is 10.5. The predicted octanol–water partition coefficient (Wildman–Crippen LogP) is 4.30. The molecule has 2 amide bonds. The van der Waals surface area contributed by atoms with E-state index in [4.69, 9.17) is 8.94 Å². The molecule has 2 aromatic heterocycles. The van der Waals surface area contributed by atoms with Gasteiger partial charge in [0.15, 0.2) is 17.2 Å². The summed E-state index contributed by atoms with van der Waals surface area (Å²) in [5.41, 5.74) is 6.24. The molecule has 0 bridgehead atoms. The van der Waals surface area contributed by atoms with Gasteiger partial charge in [-0.1, -0.05) is 53.7 Å². The maximum absolute atomic E-state index is 12.4. The zero-order valence-electron chi connectivity index (χ0n) is 15.7. The minimum atomic E-state index is -0.596. The van der Waals surface area contributed by atoms with Crippen LogP contribution in [-0.4, -0.2) is 17.0 Å². The number of carbonyl (C=O) groups is 2. The average Bonchev–Trinajstić information content (AvgIpc) is 3.47. The molecule has 8 heteroatoms. The second kappa shape index (κ2) is 9.15. The standard InChI is InChI=1S/C22H17N3O4S/c26-21(18-13-19(29-25-18)15-7-3-1-4-8-15)23-24-22(27)20-16(11-12-28-20)14-30-17-9-5-2-6-10-17/h1-13H,14H2,(H,23,26)(H,24,27). The minimum absolute atomic E-state index is 0.0495. The quantitative estimate of drug-likeness (QED) is 0.357. The van der Waals surface area contributed by atoms with Crippen molar-refractivity contribution in [1.29, 1.82) is 0 Å². The van der Waals surface area contributed by atoms with Crippen LogP contribution in [0.2, 0.25) is 0 Å². The van der Waals surface area contributed by atoms with E-state index in [1.54, 1.807) is 17.8 Å². The predicted molar refractivity (Wildman–Crippen MR) is 112 cm³/mol. The molecule has 0 aliphatic rings. The highest BCUT2D eigenvalue weighted by Gasteiger charge is 2.18. The summed E-state index contributed by atoms with van der Waals surface area (Å²) >= 11 is 1.58. The third-order valence-corrected chi connectivity index (χ3v) is 5.24. The smallest absolute Gasteiger partial charge is 0.305 e. The van der Waals surface area contributed by atoms with Crippen molar-refractivity contribution in [3.05, 3.63) is 96.1 Å². The third-order valence-electron chi connectivity index (χ3n) is 4.18. The number of furan rings is 1. The highest BCUT2D eigenvalue weighted by molar-refractivity contribution is 7.98. The van der Waals surface area contributed by atoms with Crippen LogP contribution in [0.5, 0.6) is 0 Å². The molecule has 7 nitrogen and oxygen atoms in total. The lowest BCUT2D eigenvalue weighted by Gasteiger charge is -2.06. The molecular weight excluding hydrogens is 402 g/mol. The van der Waals surface area contributed by atoms with Gasteiger partial charge in [-0.05, 0) is 18.2 Å². The molecular formula is C22H17N3O4S. The van der Waals surface area contributed by atoms with Gasteiger partial charge >= 0.3 is 5.91 Å². The van der Waals surface area contributed by atoms with E-state index in [1.807, 2.05) is 60.7 Å². The average molecular weight is 419 g/mol. The van der Waals surface area contributed by atoms with E-state index in [9.17, 15) is 9.59 Å². The van der Waals surface area contributed by atoms with Crippen LogP contribution in [0.15, 0.2) is 92.9 Å². The number of hydrazine groups is 1. The summed E-state index contributed by atoms with van der Waals surface area (Å²) in [6.45, 7) is 0. The van der Waals surface area contributed by atoms with Crippen LogP contribution < -0.4 is 10.9 Å². The van der Waals surface area contributed by atoms with Gasteiger partial charge in [0, 0.05) is 27.8 Å². The van der Waals surface area contributed by atoms with Crippen LogP contribution in [0.4, 0.5) is 0 Å². The van der Waals surface area contributed by atoms with Gasteiger partial charge in [0.05, 0.1) is 6.26 Å². The lowest BCUT2D eigenvalue weighted by molar-refractivity contribution is 0.0826. The van der Waals surface area contributed by atoms with Crippen molar-refractivity contribution in [2.24, 2.45) is 0 Å². The Kier molecular flexibility index (Phi) is 5.95. The molecule has 0 saturated heterocycles. The summed E-state index contributed by atoms with van der Waals surface area (Å²) in [6, 6.07) is 22.4. The molecule has 4 rings (SSSR count). The van der Waals surface area contributed by atoms with E-state index in [0.29, 0.717) is 11.5 Å².